The highest BCUT2D eigenvalue weighted by atomic mass is 16.5. The fourth-order valence-electron chi connectivity index (χ4n) is 4.08. The van der Waals surface area contributed by atoms with E-state index in [1.807, 2.05) is 43.3 Å². The summed E-state index contributed by atoms with van der Waals surface area (Å²) in [5, 5.41) is 5.33. The molecule has 1 heterocycles. The molecule has 1 aliphatic rings. The Morgan fingerprint density at radius 2 is 1.68 bits per heavy atom. The lowest BCUT2D eigenvalue weighted by molar-refractivity contribution is -0.117. The molecule has 1 fully saturated rings. The first-order chi connectivity index (χ1) is 14.9. The monoisotopic (exact) mass is 417 g/mol. The van der Waals surface area contributed by atoms with Crippen molar-refractivity contribution in [2.24, 2.45) is 0 Å². The molecular weight excluding hydrogens is 386 g/mol. The van der Waals surface area contributed by atoms with E-state index in [4.69, 9.17) is 4.74 Å². The summed E-state index contributed by atoms with van der Waals surface area (Å²) in [6.45, 7) is 8.23. The molecule has 0 saturated carbocycles. The van der Waals surface area contributed by atoms with E-state index in [0.717, 1.165) is 59.5 Å². The Morgan fingerprint density at radius 1 is 0.968 bits per heavy atom. The Bertz CT molecular complexity index is 1090. The lowest BCUT2D eigenvalue weighted by Gasteiger charge is -2.34. The minimum atomic E-state index is -0.247. The van der Waals surface area contributed by atoms with Gasteiger partial charge < -0.3 is 19.9 Å². The number of hydrogen-bond acceptors (Lipinski definition) is 4. The zero-order chi connectivity index (χ0) is 22.0. The summed E-state index contributed by atoms with van der Waals surface area (Å²) in [6, 6.07) is 18.5. The summed E-state index contributed by atoms with van der Waals surface area (Å²) in [5.41, 5.74) is 4.19. The molecule has 1 atom stereocenters. The first-order valence-electron chi connectivity index (χ1n) is 10.9. The highest BCUT2D eigenvalue weighted by Crippen LogP contribution is 2.28. The lowest BCUT2D eigenvalue weighted by Crippen LogP contribution is -2.44. The number of carbonyl (C=O) groups excluding carboxylic acids is 1. The summed E-state index contributed by atoms with van der Waals surface area (Å²) >= 11 is 0. The van der Waals surface area contributed by atoms with Gasteiger partial charge in [0.05, 0.1) is 13.0 Å². The lowest BCUT2D eigenvalue weighted by atomic mass is 9.96. The number of carbonyl (C=O) groups is 1. The van der Waals surface area contributed by atoms with Crippen LogP contribution in [0.15, 0.2) is 54.6 Å². The summed E-state index contributed by atoms with van der Waals surface area (Å²) in [6.07, 6.45) is 0. The standard InChI is InChI=1S/C26H31N3O2/c1-18-15-23(29-13-11-28(3)12-14-29)8-10-25(18)27-26(30)19(2)20-5-6-22-17-24(31-4)9-7-21(22)16-20/h5-10,15-17,19H,11-14H2,1-4H3,(H,27,30)/t19-/m1/s1. The molecule has 4 rings (SSSR count). The molecule has 3 aromatic rings. The predicted octanol–water partition coefficient (Wildman–Crippen LogP) is 4.65. The van der Waals surface area contributed by atoms with E-state index in [-0.39, 0.29) is 11.8 Å². The number of fused-ring (bicyclic) bond motifs is 1. The smallest absolute Gasteiger partial charge is 0.231 e. The number of anilines is 2. The summed E-state index contributed by atoms with van der Waals surface area (Å²) in [4.78, 5) is 17.7. The largest absolute Gasteiger partial charge is 0.497 e. The topological polar surface area (TPSA) is 44.8 Å². The molecule has 5 heteroatoms. The van der Waals surface area contributed by atoms with Crippen molar-refractivity contribution in [3.8, 4) is 5.75 Å². The number of piperazine rings is 1. The van der Waals surface area contributed by atoms with E-state index < -0.39 is 0 Å². The normalized spacial score (nSPS) is 15.7. The van der Waals surface area contributed by atoms with Crippen LogP contribution >= 0.6 is 0 Å². The number of hydrogen-bond donors (Lipinski definition) is 1. The van der Waals surface area contributed by atoms with E-state index in [1.54, 1.807) is 7.11 Å². The zero-order valence-corrected chi connectivity index (χ0v) is 18.8. The zero-order valence-electron chi connectivity index (χ0n) is 18.8. The molecule has 1 saturated heterocycles. The number of likely N-dealkylation sites (N-methyl/N-ethyl adjacent to an activating group) is 1. The van der Waals surface area contributed by atoms with Crippen molar-refractivity contribution < 1.29 is 9.53 Å². The van der Waals surface area contributed by atoms with Gasteiger partial charge in [-0.05, 0) is 73.1 Å². The number of aryl methyl sites for hydroxylation is 1. The third-order valence-electron chi connectivity index (χ3n) is 6.30. The first kappa shape index (κ1) is 21.2. The van der Waals surface area contributed by atoms with E-state index in [9.17, 15) is 4.79 Å². The van der Waals surface area contributed by atoms with Crippen LogP contribution in [0, 0.1) is 6.92 Å². The fraction of sp³-hybridized carbons (Fsp3) is 0.346. The molecule has 162 valence electrons. The second-order valence-corrected chi connectivity index (χ2v) is 8.47. The maximum absolute atomic E-state index is 13.0. The van der Waals surface area contributed by atoms with Crippen molar-refractivity contribution in [1.29, 1.82) is 0 Å². The number of amides is 1. The van der Waals surface area contributed by atoms with Gasteiger partial charge in [-0.2, -0.15) is 0 Å². The van der Waals surface area contributed by atoms with Crippen molar-refractivity contribution in [3.63, 3.8) is 0 Å². The summed E-state index contributed by atoms with van der Waals surface area (Å²) < 4.78 is 5.30. The van der Waals surface area contributed by atoms with Crippen LogP contribution in [0.5, 0.6) is 5.75 Å². The molecule has 5 nitrogen and oxygen atoms in total. The second kappa shape index (κ2) is 8.98. The third-order valence-corrected chi connectivity index (χ3v) is 6.30. The van der Waals surface area contributed by atoms with Gasteiger partial charge in [-0.15, -0.1) is 0 Å². The van der Waals surface area contributed by atoms with Crippen molar-refractivity contribution >= 4 is 28.1 Å². The number of nitrogens with one attached hydrogen (secondary N) is 1. The summed E-state index contributed by atoms with van der Waals surface area (Å²) in [5.74, 6) is 0.591. The average molecular weight is 418 g/mol. The van der Waals surface area contributed by atoms with Gasteiger partial charge >= 0.3 is 0 Å². The predicted molar refractivity (Wildman–Crippen MR) is 128 cm³/mol. The van der Waals surface area contributed by atoms with Crippen LogP contribution in [0.4, 0.5) is 11.4 Å². The molecule has 0 radical (unpaired) electrons. The van der Waals surface area contributed by atoms with Crippen LogP contribution in [0.1, 0.15) is 24.0 Å². The van der Waals surface area contributed by atoms with Crippen molar-refractivity contribution in [1.82, 2.24) is 4.90 Å². The Labute approximate surface area is 184 Å². The number of ether oxygens (including phenoxy) is 1. The van der Waals surface area contributed by atoms with Gasteiger partial charge in [-0.25, -0.2) is 0 Å². The molecule has 0 aliphatic carbocycles. The molecule has 1 amide bonds. The molecular formula is C26H31N3O2. The highest BCUT2D eigenvalue weighted by Gasteiger charge is 2.18. The van der Waals surface area contributed by atoms with Crippen LogP contribution in [-0.4, -0.2) is 51.1 Å². The Morgan fingerprint density at radius 3 is 2.39 bits per heavy atom. The average Bonchev–Trinajstić information content (AvgIpc) is 2.79. The molecule has 1 N–H and O–H groups in total. The van der Waals surface area contributed by atoms with Gasteiger partial charge in [-0.1, -0.05) is 24.3 Å². The van der Waals surface area contributed by atoms with E-state index in [0.29, 0.717) is 0 Å². The first-order valence-corrected chi connectivity index (χ1v) is 10.9. The van der Waals surface area contributed by atoms with E-state index in [2.05, 4.69) is 47.3 Å². The van der Waals surface area contributed by atoms with Crippen molar-refractivity contribution in [3.05, 3.63) is 65.7 Å². The SMILES string of the molecule is COc1ccc2cc([C@@H](C)C(=O)Nc3ccc(N4CCN(C)CC4)cc3C)ccc2c1. The van der Waals surface area contributed by atoms with Crippen LogP contribution in [0.3, 0.4) is 0 Å². The van der Waals surface area contributed by atoms with Gasteiger partial charge in [0.1, 0.15) is 5.75 Å². The van der Waals surface area contributed by atoms with Gasteiger partial charge in [0.25, 0.3) is 0 Å². The van der Waals surface area contributed by atoms with E-state index in [1.165, 1.54) is 5.69 Å². The number of nitrogens with zero attached hydrogens (tertiary/aromatic N) is 2. The quantitative estimate of drug-likeness (QED) is 0.656. The molecule has 0 unspecified atom stereocenters. The number of rotatable bonds is 5. The molecule has 0 spiro atoms. The van der Waals surface area contributed by atoms with Crippen LogP contribution in [0.2, 0.25) is 0 Å². The van der Waals surface area contributed by atoms with Crippen molar-refractivity contribution in [2.75, 3.05) is 50.6 Å². The van der Waals surface area contributed by atoms with Gasteiger partial charge in [0, 0.05) is 37.6 Å². The van der Waals surface area contributed by atoms with Gasteiger partial charge in [0.2, 0.25) is 5.91 Å². The highest BCUT2D eigenvalue weighted by molar-refractivity contribution is 5.97. The molecule has 0 aromatic heterocycles. The fourth-order valence-corrected chi connectivity index (χ4v) is 4.08. The Balaban J connectivity index is 1.46. The maximum atomic E-state index is 13.0. The molecule has 1 aliphatic heterocycles. The summed E-state index contributed by atoms with van der Waals surface area (Å²) in [7, 11) is 3.83. The maximum Gasteiger partial charge on any atom is 0.231 e. The Kier molecular flexibility index (Phi) is 6.14. The third kappa shape index (κ3) is 4.67. The molecule has 31 heavy (non-hydrogen) atoms. The second-order valence-electron chi connectivity index (χ2n) is 8.47. The molecule has 3 aromatic carbocycles. The number of benzene rings is 3. The number of methoxy groups -OCH3 is 1. The van der Waals surface area contributed by atoms with Crippen LogP contribution in [-0.2, 0) is 4.79 Å². The minimum absolute atomic E-state index is 0.00306. The van der Waals surface area contributed by atoms with Crippen LogP contribution in [0.25, 0.3) is 10.8 Å². The van der Waals surface area contributed by atoms with E-state index >= 15 is 0 Å². The molecule has 0 bridgehead atoms. The van der Waals surface area contributed by atoms with Gasteiger partial charge in [-0.3, -0.25) is 4.79 Å². The van der Waals surface area contributed by atoms with Crippen LogP contribution < -0.4 is 15.0 Å². The van der Waals surface area contributed by atoms with Gasteiger partial charge in [0.15, 0.2) is 0 Å². The Hall–Kier alpha value is -3.05. The van der Waals surface area contributed by atoms with Crippen molar-refractivity contribution in [2.45, 2.75) is 19.8 Å². The minimum Gasteiger partial charge on any atom is -0.497 e.